The SMILES string of the molecule is CC(C)c1noc(CNC(C(=O)Nc2ccccc2)c2ccccc2)n1. The highest BCUT2D eigenvalue weighted by atomic mass is 16.5. The normalized spacial score (nSPS) is 12.1. The second-order valence-corrected chi connectivity index (χ2v) is 6.28. The van der Waals surface area contributed by atoms with Crippen molar-refractivity contribution < 1.29 is 9.32 Å². The molecule has 1 aromatic heterocycles. The van der Waals surface area contributed by atoms with Crippen LogP contribution in [0, 0.1) is 0 Å². The van der Waals surface area contributed by atoms with Crippen LogP contribution in [0.25, 0.3) is 0 Å². The van der Waals surface area contributed by atoms with Gasteiger partial charge in [-0.2, -0.15) is 4.98 Å². The van der Waals surface area contributed by atoms with Gasteiger partial charge in [0, 0.05) is 11.6 Å². The molecule has 0 aliphatic heterocycles. The number of aromatic nitrogens is 2. The van der Waals surface area contributed by atoms with E-state index < -0.39 is 6.04 Å². The van der Waals surface area contributed by atoms with Crippen LogP contribution in [0.5, 0.6) is 0 Å². The number of benzene rings is 2. The van der Waals surface area contributed by atoms with Gasteiger partial charge >= 0.3 is 0 Å². The van der Waals surface area contributed by atoms with Gasteiger partial charge in [-0.3, -0.25) is 10.1 Å². The zero-order chi connectivity index (χ0) is 18.4. The fraction of sp³-hybridized carbons (Fsp3) is 0.250. The number of carbonyl (C=O) groups is 1. The Balaban J connectivity index is 1.74. The van der Waals surface area contributed by atoms with Gasteiger partial charge in [0.15, 0.2) is 5.82 Å². The van der Waals surface area contributed by atoms with Crippen molar-refractivity contribution in [2.75, 3.05) is 5.32 Å². The predicted molar refractivity (Wildman–Crippen MR) is 99.5 cm³/mol. The summed E-state index contributed by atoms with van der Waals surface area (Å²) in [5.41, 5.74) is 1.62. The zero-order valence-corrected chi connectivity index (χ0v) is 14.8. The van der Waals surface area contributed by atoms with Crippen molar-refractivity contribution in [2.45, 2.75) is 32.4 Å². The molecule has 1 atom stereocenters. The third-order valence-electron chi connectivity index (χ3n) is 3.89. The van der Waals surface area contributed by atoms with Gasteiger partial charge < -0.3 is 9.84 Å². The van der Waals surface area contributed by atoms with E-state index in [2.05, 4.69) is 20.8 Å². The van der Waals surface area contributed by atoms with Crippen molar-refractivity contribution in [2.24, 2.45) is 0 Å². The van der Waals surface area contributed by atoms with Crippen molar-refractivity contribution in [1.82, 2.24) is 15.5 Å². The highest BCUT2D eigenvalue weighted by Gasteiger charge is 2.21. The fourth-order valence-corrected chi connectivity index (χ4v) is 2.51. The standard InChI is InChI=1S/C20H22N4O2/c1-14(2)19-23-17(26-24-19)13-21-18(15-9-5-3-6-10-15)20(25)22-16-11-7-4-8-12-16/h3-12,14,18,21H,13H2,1-2H3,(H,22,25). The first-order chi connectivity index (χ1) is 12.6. The number of hydrogen-bond donors (Lipinski definition) is 2. The Morgan fingerprint density at radius 3 is 2.31 bits per heavy atom. The van der Waals surface area contributed by atoms with E-state index >= 15 is 0 Å². The van der Waals surface area contributed by atoms with E-state index in [1.165, 1.54) is 0 Å². The molecular weight excluding hydrogens is 328 g/mol. The Kier molecular flexibility index (Phi) is 5.76. The lowest BCUT2D eigenvalue weighted by Crippen LogP contribution is -2.32. The fourth-order valence-electron chi connectivity index (χ4n) is 2.51. The number of anilines is 1. The molecule has 1 heterocycles. The van der Waals surface area contributed by atoms with Crippen molar-refractivity contribution in [3.63, 3.8) is 0 Å². The maximum absolute atomic E-state index is 12.8. The molecule has 0 saturated carbocycles. The first-order valence-corrected chi connectivity index (χ1v) is 8.60. The summed E-state index contributed by atoms with van der Waals surface area (Å²) >= 11 is 0. The average molecular weight is 350 g/mol. The molecule has 2 aromatic carbocycles. The van der Waals surface area contributed by atoms with Crippen LogP contribution >= 0.6 is 0 Å². The van der Waals surface area contributed by atoms with E-state index in [1.807, 2.05) is 74.5 Å². The van der Waals surface area contributed by atoms with Crippen molar-refractivity contribution in [3.05, 3.63) is 77.9 Å². The lowest BCUT2D eigenvalue weighted by molar-refractivity contribution is -0.118. The Hall–Kier alpha value is -2.99. The second-order valence-electron chi connectivity index (χ2n) is 6.28. The summed E-state index contributed by atoms with van der Waals surface area (Å²) in [5, 5.41) is 10.1. The summed E-state index contributed by atoms with van der Waals surface area (Å²) in [5.74, 6) is 1.17. The van der Waals surface area contributed by atoms with Gasteiger partial charge in [-0.05, 0) is 17.7 Å². The van der Waals surface area contributed by atoms with Gasteiger partial charge in [0.1, 0.15) is 6.04 Å². The van der Waals surface area contributed by atoms with Crippen LogP contribution < -0.4 is 10.6 Å². The minimum Gasteiger partial charge on any atom is -0.338 e. The molecule has 0 radical (unpaired) electrons. The highest BCUT2D eigenvalue weighted by Crippen LogP contribution is 2.17. The number of hydrogen-bond acceptors (Lipinski definition) is 5. The van der Waals surface area contributed by atoms with Crippen LogP contribution in [0.15, 0.2) is 65.2 Å². The molecule has 6 nitrogen and oxygen atoms in total. The van der Waals surface area contributed by atoms with E-state index in [4.69, 9.17) is 4.52 Å². The molecule has 0 aliphatic rings. The minimum absolute atomic E-state index is 0.147. The molecular formula is C20H22N4O2. The van der Waals surface area contributed by atoms with Crippen LogP contribution in [-0.2, 0) is 11.3 Å². The number of nitrogens with zero attached hydrogens (tertiary/aromatic N) is 2. The third kappa shape index (κ3) is 4.55. The topological polar surface area (TPSA) is 80.0 Å². The van der Waals surface area contributed by atoms with E-state index in [-0.39, 0.29) is 11.8 Å². The van der Waals surface area contributed by atoms with E-state index in [0.29, 0.717) is 18.3 Å². The largest absolute Gasteiger partial charge is 0.338 e. The predicted octanol–water partition coefficient (Wildman–Crippen LogP) is 3.66. The average Bonchev–Trinajstić information content (AvgIpc) is 3.13. The number of para-hydroxylation sites is 1. The van der Waals surface area contributed by atoms with E-state index in [1.54, 1.807) is 0 Å². The van der Waals surface area contributed by atoms with Crippen molar-refractivity contribution >= 4 is 11.6 Å². The van der Waals surface area contributed by atoms with Crippen molar-refractivity contribution in [3.8, 4) is 0 Å². The number of amides is 1. The van der Waals surface area contributed by atoms with Gasteiger partial charge in [-0.25, -0.2) is 0 Å². The summed E-state index contributed by atoms with van der Waals surface area (Å²) in [6.07, 6.45) is 0. The summed E-state index contributed by atoms with van der Waals surface area (Å²) in [6, 6.07) is 18.4. The molecule has 0 spiro atoms. The molecule has 1 unspecified atom stereocenters. The molecule has 2 N–H and O–H groups in total. The minimum atomic E-state index is -0.536. The zero-order valence-electron chi connectivity index (χ0n) is 14.8. The Morgan fingerprint density at radius 2 is 1.69 bits per heavy atom. The van der Waals surface area contributed by atoms with Gasteiger partial charge in [0.25, 0.3) is 0 Å². The third-order valence-corrected chi connectivity index (χ3v) is 3.89. The molecule has 1 amide bonds. The molecule has 26 heavy (non-hydrogen) atoms. The molecule has 0 aliphatic carbocycles. The number of carbonyl (C=O) groups excluding carboxylic acids is 1. The monoisotopic (exact) mass is 350 g/mol. The first kappa shape index (κ1) is 17.8. The maximum Gasteiger partial charge on any atom is 0.246 e. The van der Waals surface area contributed by atoms with Gasteiger partial charge in [0.2, 0.25) is 11.8 Å². The molecule has 0 saturated heterocycles. The number of nitrogens with one attached hydrogen (secondary N) is 2. The van der Waals surface area contributed by atoms with Crippen LogP contribution in [0.2, 0.25) is 0 Å². The van der Waals surface area contributed by atoms with E-state index in [9.17, 15) is 4.79 Å². The van der Waals surface area contributed by atoms with Crippen LogP contribution in [-0.4, -0.2) is 16.0 Å². The maximum atomic E-state index is 12.8. The van der Waals surface area contributed by atoms with Gasteiger partial charge in [0.05, 0.1) is 6.54 Å². The summed E-state index contributed by atoms with van der Waals surface area (Å²) in [6.45, 7) is 4.31. The second kappa shape index (κ2) is 8.40. The molecule has 3 rings (SSSR count). The summed E-state index contributed by atoms with van der Waals surface area (Å²) in [7, 11) is 0. The molecule has 3 aromatic rings. The number of rotatable bonds is 7. The quantitative estimate of drug-likeness (QED) is 0.680. The highest BCUT2D eigenvalue weighted by molar-refractivity contribution is 5.95. The van der Waals surface area contributed by atoms with Crippen molar-refractivity contribution in [1.29, 1.82) is 0 Å². The molecule has 0 bridgehead atoms. The van der Waals surface area contributed by atoms with Gasteiger partial charge in [-0.1, -0.05) is 67.5 Å². The Morgan fingerprint density at radius 1 is 1.04 bits per heavy atom. The summed E-state index contributed by atoms with van der Waals surface area (Å²) in [4.78, 5) is 17.2. The molecule has 134 valence electrons. The Bertz CT molecular complexity index is 831. The van der Waals surface area contributed by atoms with Crippen LogP contribution in [0.1, 0.15) is 43.1 Å². The first-order valence-electron chi connectivity index (χ1n) is 8.60. The van der Waals surface area contributed by atoms with E-state index in [0.717, 1.165) is 11.3 Å². The van der Waals surface area contributed by atoms with Crippen LogP contribution in [0.4, 0.5) is 5.69 Å². The lowest BCUT2D eigenvalue weighted by Gasteiger charge is -2.18. The van der Waals surface area contributed by atoms with Gasteiger partial charge in [-0.15, -0.1) is 0 Å². The molecule has 0 fully saturated rings. The van der Waals surface area contributed by atoms with Crippen LogP contribution in [0.3, 0.4) is 0 Å². The Labute approximate surface area is 152 Å². The molecule has 6 heteroatoms. The summed E-state index contributed by atoms with van der Waals surface area (Å²) < 4.78 is 5.25. The smallest absolute Gasteiger partial charge is 0.246 e. The lowest BCUT2D eigenvalue weighted by atomic mass is 10.1.